The third-order valence-corrected chi connectivity index (χ3v) is 5.23. The molecule has 1 unspecified atom stereocenters. The zero-order valence-corrected chi connectivity index (χ0v) is 18.2. The number of halogens is 2. The minimum atomic E-state index is -0.897. The van der Waals surface area contributed by atoms with Gasteiger partial charge in [0, 0.05) is 38.1 Å². The third-order valence-electron chi connectivity index (χ3n) is 5.23. The Morgan fingerprint density at radius 2 is 2.00 bits per heavy atom. The number of pyridine rings is 2. The molecule has 1 aliphatic rings. The van der Waals surface area contributed by atoms with Crippen molar-refractivity contribution in [2.45, 2.75) is 12.6 Å². The largest absolute Gasteiger partial charge is 0.378 e. The maximum absolute atomic E-state index is 14.7. The van der Waals surface area contributed by atoms with Crippen LogP contribution < -0.4 is 27.0 Å². The Balaban J connectivity index is 1.57. The first-order chi connectivity index (χ1) is 16.4. The van der Waals surface area contributed by atoms with E-state index >= 15 is 0 Å². The monoisotopic (exact) mass is 473 g/mol. The maximum Gasteiger partial charge on any atom is 0.252 e. The minimum absolute atomic E-state index is 0.0495. The number of amides is 1. The fourth-order valence-corrected chi connectivity index (χ4v) is 3.52. The molecule has 1 atom stereocenters. The smallest absolute Gasteiger partial charge is 0.252 e. The number of carbonyl (C=O) groups excluding carboxylic acids is 1. The lowest BCUT2D eigenvalue weighted by molar-refractivity contribution is 0.100. The average Bonchev–Trinajstić information content (AvgIpc) is 3.34. The van der Waals surface area contributed by atoms with Crippen molar-refractivity contribution in [2.75, 3.05) is 48.4 Å². The molecule has 180 valence electrons. The highest BCUT2D eigenvalue weighted by molar-refractivity contribution is 5.98. The van der Waals surface area contributed by atoms with E-state index in [2.05, 4.69) is 25.7 Å². The Hall–Kier alpha value is -3.84. The maximum atomic E-state index is 14.7. The van der Waals surface area contributed by atoms with Gasteiger partial charge in [0.2, 0.25) is 0 Å². The van der Waals surface area contributed by atoms with E-state index in [-0.39, 0.29) is 35.2 Å². The summed E-state index contributed by atoms with van der Waals surface area (Å²) in [7, 11) is 0. The topological polar surface area (TPSA) is 149 Å². The van der Waals surface area contributed by atoms with Crippen LogP contribution in [-0.4, -0.2) is 64.5 Å². The summed E-state index contributed by atoms with van der Waals surface area (Å²) in [6.07, 6.45) is 4.77. The second-order valence-electron chi connectivity index (χ2n) is 7.64. The fraction of sp³-hybridized carbons (Fsp3) is 0.333. The molecular weight excluding hydrogens is 448 g/mol. The third kappa shape index (κ3) is 5.38. The number of anilines is 4. The summed E-state index contributed by atoms with van der Waals surface area (Å²) >= 11 is 0. The number of hydrogen-bond donors (Lipinski definition) is 4. The van der Waals surface area contributed by atoms with Crippen LogP contribution in [0.5, 0.6) is 0 Å². The number of nitrogens with zero attached hydrogens (tertiary/aromatic N) is 5. The van der Waals surface area contributed by atoms with Gasteiger partial charge in [-0.3, -0.25) is 9.48 Å². The first kappa shape index (κ1) is 23.3. The molecule has 3 aromatic heterocycles. The summed E-state index contributed by atoms with van der Waals surface area (Å²) in [5, 5.41) is 9.84. The summed E-state index contributed by atoms with van der Waals surface area (Å²) < 4.78 is 36.4. The molecule has 11 nitrogen and oxygen atoms in total. The molecule has 1 saturated heterocycles. The van der Waals surface area contributed by atoms with Gasteiger partial charge in [-0.05, 0) is 12.1 Å². The molecule has 0 radical (unpaired) electrons. The van der Waals surface area contributed by atoms with Gasteiger partial charge >= 0.3 is 0 Å². The van der Waals surface area contributed by atoms with E-state index in [0.29, 0.717) is 32.8 Å². The van der Waals surface area contributed by atoms with Crippen molar-refractivity contribution in [1.82, 2.24) is 19.7 Å². The van der Waals surface area contributed by atoms with E-state index in [1.165, 1.54) is 12.3 Å². The van der Waals surface area contributed by atoms with Crippen molar-refractivity contribution < 1.29 is 18.3 Å². The van der Waals surface area contributed by atoms with Crippen molar-refractivity contribution in [3.05, 3.63) is 54.0 Å². The summed E-state index contributed by atoms with van der Waals surface area (Å²) in [4.78, 5) is 22.1. The molecule has 0 saturated carbocycles. The van der Waals surface area contributed by atoms with E-state index in [1.54, 1.807) is 28.0 Å². The van der Waals surface area contributed by atoms with Gasteiger partial charge in [0.05, 0.1) is 43.2 Å². The lowest BCUT2D eigenvalue weighted by atomic mass is 10.2. The number of carbonyl (C=O) groups is 1. The van der Waals surface area contributed by atoms with Gasteiger partial charge in [-0.1, -0.05) is 0 Å². The summed E-state index contributed by atoms with van der Waals surface area (Å²) in [6.45, 7) is 2.56. The second-order valence-corrected chi connectivity index (χ2v) is 7.64. The zero-order chi connectivity index (χ0) is 24.1. The Morgan fingerprint density at radius 3 is 2.65 bits per heavy atom. The molecule has 13 heteroatoms. The fourth-order valence-electron chi connectivity index (χ4n) is 3.52. The van der Waals surface area contributed by atoms with Crippen molar-refractivity contribution in [1.29, 1.82) is 0 Å². The summed E-state index contributed by atoms with van der Waals surface area (Å²) in [6, 6.07) is 3.54. The predicted octanol–water partition coefficient (Wildman–Crippen LogP) is 1.07. The van der Waals surface area contributed by atoms with Crippen LogP contribution in [0.25, 0.3) is 0 Å². The standard InChI is InChI=1S/C21H25F2N9O2/c22-16-9-15(18(25)33)19(30-20(16)29-14(10-24)12-32-3-1-2-27-32)28-13-8-17(23)21(26-11-13)31-4-6-34-7-5-31/h1-3,8-9,11,14H,4-7,10,12,24H2,(H2,25,33)(H2,28,29,30). The highest BCUT2D eigenvalue weighted by atomic mass is 19.1. The van der Waals surface area contributed by atoms with Crippen LogP contribution in [0.15, 0.2) is 36.8 Å². The van der Waals surface area contributed by atoms with Crippen LogP contribution in [0, 0.1) is 11.6 Å². The Morgan fingerprint density at radius 1 is 1.21 bits per heavy atom. The normalized spacial score (nSPS) is 14.6. The highest BCUT2D eigenvalue weighted by Gasteiger charge is 2.20. The van der Waals surface area contributed by atoms with Crippen LogP contribution in [0.4, 0.5) is 31.9 Å². The summed E-state index contributed by atoms with van der Waals surface area (Å²) in [5.74, 6) is -2.24. The number of aromatic nitrogens is 4. The lowest BCUT2D eigenvalue weighted by Gasteiger charge is -2.28. The van der Waals surface area contributed by atoms with Gasteiger partial charge in [-0.2, -0.15) is 5.10 Å². The number of nitrogens with one attached hydrogen (secondary N) is 2. The van der Waals surface area contributed by atoms with Crippen LogP contribution in [0.3, 0.4) is 0 Å². The molecule has 0 spiro atoms. The van der Waals surface area contributed by atoms with Gasteiger partial charge < -0.3 is 31.7 Å². The average molecular weight is 473 g/mol. The Bertz CT molecular complexity index is 1140. The van der Waals surface area contributed by atoms with Crippen LogP contribution in [-0.2, 0) is 11.3 Å². The first-order valence-corrected chi connectivity index (χ1v) is 10.6. The lowest BCUT2D eigenvalue weighted by Crippen LogP contribution is -2.37. The molecule has 3 aromatic rings. The molecule has 1 fully saturated rings. The number of hydrogen-bond acceptors (Lipinski definition) is 9. The Kier molecular flexibility index (Phi) is 7.13. The first-order valence-electron chi connectivity index (χ1n) is 10.6. The molecule has 4 heterocycles. The quantitative estimate of drug-likeness (QED) is 0.358. The predicted molar refractivity (Wildman–Crippen MR) is 122 cm³/mol. The van der Waals surface area contributed by atoms with Crippen molar-refractivity contribution in [3.8, 4) is 0 Å². The number of primary amides is 1. The number of ether oxygens (including phenoxy) is 1. The zero-order valence-electron chi connectivity index (χ0n) is 18.2. The van der Waals surface area contributed by atoms with Crippen molar-refractivity contribution in [3.63, 3.8) is 0 Å². The minimum Gasteiger partial charge on any atom is -0.378 e. The molecule has 34 heavy (non-hydrogen) atoms. The van der Waals surface area contributed by atoms with Gasteiger partial charge in [-0.25, -0.2) is 18.7 Å². The second kappa shape index (κ2) is 10.4. The van der Waals surface area contributed by atoms with Crippen molar-refractivity contribution in [2.24, 2.45) is 11.5 Å². The highest BCUT2D eigenvalue weighted by Crippen LogP contribution is 2.26. The van der Waals surface area contributed by atoms with E-state index < -0.39 is 23.6 Å². The molecule has 0 bridgehead atoms. The molecule has 0 aliphatic carbocycles. The van der Waals surface area contributed by atoms with Crippen molar-refractivity contribution >= 4 is 29.0 Å². The number of nitrogens with two attached hydrogens (primary N) is 2. The Labute approximate surface area is 194 Å². The van der Waals surface area contributed by atoms with Gasteiger partial charge in [0.25, 0.3) is 5.91 Å². The molecule has 6 N–H and O–H groups in total. The van der Waals surface area contributed by atoms with E-state index in [0.717, 1.165) is 6.07 Å². The molecule has 0 aromatic carbocycles. The molecular formula is C21H25F2N9O2. The SMILES string of the molecule is NCC(Cn1cccn1)Nc1nc(Nc2cnc(N3CCOCC3)c(F)c2)c(C(N)=O)cc1F. The van der Waals surface area contributed by atoms with Crippen LogP contribution in [0.2, 0.25) is 0 Å². The van der Waals surface area contributed by atoms with Gasteiger partial charge in [0.1, 0.15) is 5.82 Å². The van der Waals surface area contributed by atoms with Crippen LogP contribution >= 0.6 is 0 Å². The van der Waals surface area contributed by atoms with E-state index in [1.807, 2.05) is 0 Å². The van der Waals surface area contributed by atoms with Gasteiger partial charge in [0.15, 0.2) is 23.3 Å². The molecule has 4 rings (SSSR count). The summed E-state index contributed by atoms with van der Waals surface area (Å²) in [5.41, 5.74) is 11.2. The number of morpholine rings is 1. The van der Waals surface area contributed by atoms with E-state index in [9.17, 15) is 13.6 Å². The number of rotatable bonds is 9. The van der Waals surface area contributed by atoms with Crippen LogP contribution in [0.1, 0.15) is 10.4 Å². The van der Waals surface area contributed by atoms with Gasteiger partial charge in [-0.15, -0.1) is 0 Å². The molecule has 1 aliphatic heterocycles. The van der Waals surface area contributed by atoms with E-state index in [4.69, 9.17) is 16.2 Å². The molecule has 1 amide bonds.